The maximum atomic E-state index is 12.6. The summed E-state index contributed by atoms with van der Waals surface area (Å²) in [6, 6.07) is 14.6. The van der Waals surface area contributed by atoms with Crippen molar-refractivity contribution in [1.82, 2.24) is 9.62 Å². The Morgan fingerprint density at radius 1 is 1.00 bits per heavy atom. The van der Waals surface area contributed by atoms with Gasteiger partial charge in [0.05, 0.1) is 10.5 Å². The molecule has 7 heteroatoms. The molecule has 0 aliphatic carbocycles. The van der Waals surface area contributed by atoms with Gasteiger partial charge < -0.3 is 10.4 Å². The van der Waals surface area contributed by atoms with E-state index in [2.05, 4.69) is 5.32 Å². The molecule has 1 aliphatic heterocycles. The highest BCUT2D eigenvalue weighted by atomic mass is 32.2. The van der Waals surface area contributed by atoms with Crippen LogP contribution < -0.4 is 5.32 Å². The van der Waals surface area contributed by atoms with Gasteiger partial charge in [0, 0.05) is 19.1 Å². The lowest BCUT2D eigenvalue weighted by atomic mass is 10.1. The molecule has 1 saturated heterocycles. The molecule has 0 aromatic heterocycles. The fourth-order valence-corrected chi connectivity index (χ4v) is 4.40. The number of aromatic hydroxyl groups is 1. The lowest BCUT2D eigenvalue weighted by Crippen LogP contribution is -2.46. The van der Waals surface area contributed by atoms with Crippen LogP contribution in [0.4, 0.5) is 0 Å². The zero-order valence-corrected chi connectivity index (χ0v) is 14.4. The lowest BCUT2D eigenvalue weighted by Gasteiger charge is -2.31. The molecular weight excluding hydrogens is 340 g/mol. The number of piperidine rings is 1. The van der Waals surface area contributed by atoms with Crippen molar-refractivity contribution in [3.05, 3.63) is 60.2 Å². The number of amides is 1. The SMILES string of the molecule is O=C(NC1CCN(S(=O)(=O)c2ccccc2)CC1)c1ccccc1O. The number of hydrogen-bond donors (Lipinski definition) is 2. The molecule has 0 saturated carbocycles. The number of rotatable bonds is 4. The van der Waals surface area contributed by atoms with Crippen molar-refractivity contribution in [2.75, 3.05) is 13.1 Å². The summed E-state index contributed by atoms with van der Waals surface area (Å²) in [6.45, 7) is 0.700. The summed E-state index contributed by atoms with van der Waals surface area (Å²) >= 11 is 0. The van der Waals surface area contributed by atoms with Crippen molar-refractivity contribution in [3.8, 4) is 5.75 Å². The molecule has 1 heterocycles. The highest BCUT2D eigenvalue weighted by Crippen LogP contribution is 2.21. The van der Waals surface area contributed by atoms with Crippen molar-refractivity contribution in [1.29, 1.82) is 0 Å². The number of carbonyl (C=O) groups excluding carboxylic acids is 1. The number of para-hydroxylation sites is 1. The first-order valence-electron chi connectivity index (χ1n) is 8.12. The third-order valence-electron chi connectivity index (χ3n) is 4.32. The highest BCUT2D eigenvalue weighted by molar-refractivity contribution is 7.89. The predicted octanol–water partition coefficient (Wildman–Crippen LogP) is 1.98. The minimum absolute atomic E-state index is 0.0657. The van der Waals surface area contributed by atoms with Crippen molar-refractivity contribution in [3.63, 3.8) is 0 Å². The van der Waals surface area contributed by atoms with E-state index in [0.29, 0.717) is 25.9 Å². The molecule has 3 rings (SSSR count). The molecule has 2 aromatic carbocycles. The van der Waals surface area contributed by atoms with Crippen LogP contribution in [0, 0.1) is 0 Å². The van der Waals surface area contributed by atoms with Gasteiger partial charge in [-0.3, -0.25) is 4.79 Å². The van der Waals surface area contributed by atoms with E-state index in [4.69, 9.17) is 0 Å². The molecule has 0 bridgehead atoms. The minimum Gasteiger partial charge on any atom is -0.507 e. The van der Waals surface area contributed by atoms with Crippen LogP contribution in [0.15, 0.2) is 59.5 Å². The van der Waals surface area contributed by atoms with Gasteiger partial charge in [-0.15, -0.1) is 0 Å². The molecule has 1 aliphatic rings. The normalized spacial score (nSPS) is 16.5. The first kappa shape index (κ1) is 17.4. The van der Waals surface area contributed by atoms with E-state index < -0.39 is 10.0 Å². The molecule has 2 aromatic rings. The number of carbonyl (C=O) groups is 1. The molecule has 0 radical (unpaired) electrons. The van der Waals surface area contributed by atoms with Gasteiger partial charge in [0.15, 0.2) is 0 Å². The number of phenolic OH excluding ortho intramolecular Hbond substituents is 1. The Balaban J connectivity index is 1.61. The monoisotopic (exact) mass is 360 g/mol. The van der Waals surface area contributed by atoms with Gasteiger partial charge >= 0.3 is 0 Å². The van der Waals surface area contributed by atoms with E-state index in [0.717, 1.165) is 0 Å². The Morgan fingerprint density at radius 2 is 1.60 bits per heavy atom. The van der Waals surface area contributed by atoms with Crippen molar-refractivity contribution < 1.29 is 18.3 Å². The summed E-state index contributed by atoms with van der Waals surface area (Å²) in [5.41, 5.74) is 0.224. The van der Waals surface area contributed by atoms with Crippen LogP contribution in [-0.4, -0.2) is 42.9 Å². The minimum atomic E-state index is -3.49. The summed E-state index contributed by atoms with van der Waals surface area (Å²) in [6.07, 6.45) is 1.07. The standard InChI is InChI=1S/C18H20N2O4S/c21-17-9-5-4-8-16(17)18(22)19-14-10-12-20(13-11-14)25(23,24)15-6-2-1-3-7-15/h1-9,14,21H,10-13H2,(H,19,22). The fourth-order valence-electron chi connectivity index (χ4n) is 2.91. The van der Waals surface area contributed by atoms with E-state index in [1.54, 1.807) is 48.5 Å². The zero-order valence-electron chi connectivity index (χ0n) is 13.6. The molecule has 132 valence electrons. The molecule has 6 nitrogen and oxygen atoms in total. The van der Waals surface area contributed by atoms with Gasteiger partial charge in [-0.25, -0.2) is 8.42 Å². The molecule has 0 spiro atoms. The topological polar surface area (TPSA) is 86.7 Å². The molecule has 0 unspecified atom stereocenters. The third-order valence-corrected chi connectivity index (χ3v) is 6.23. The van der Waals surface area contributed by atoms with Gasteiger partial charge in [0.25, 0.3) is 5.91 Å². The second-order valence-electron chi connectivity index (χ2n) is 5.98. The van der Waals surface area contributed by atoms with Crippen LogP contribution >= 0.6 is 0 Å². The second-order valence-corrected chi connectivity index (χ2v) is 7.92. The van der Waals surface area contributed by atoms with E-state index in [1.807, 2.05) is 0 Å². The molecule has 0 atom stereocenters. The maximum Gasteiger partial charge on any atom is 0.255 e. The summed E-state index contributed by atoms with van der Waals surface area (Å²) in [7, 11) is -3.49. The number of hydrogen-bond acceptors (Lipinski definition) is 4. The average Bonchev–Trinajstić information content (AvgIpc) is 2.63. The zero-order chi connectivity index (χ0) is 17.9. The Morgan fingerprint density at radius 3 is 2.24 bits per heavy atom. The molecular formula is C18H20N2O4S. The van der Waals surface area contributed by atoms with Crippen molar-refractivity contribution in [2.45, 2.75) is 23.8 Å². The summed E-state index contributed by atoms with van der Waals surface area (Å²) in [5.74, 6) is -0.411. The first-order chi connectivity index (χ1) is 12.0. The van der Waals surface area contributed by atoms with E-state index in [1.165, 1.54) is 10.4 Å². The highest BCUT2D eigenvalue weighted by Gasteiger charge is 2.30. The summed E-state index contributed by atoms with van der Waals surface area (Å²) in [4.78, 5) is 12.5. The fraction of sp³-hybridized carbons (Fsp3) is 0.278. The first-order valence-corrected chi connectivity index (χ1v) is 9.56. The van der Waals surface area contributed by atoms with Crippen LogP contribution in [0.2, 0.25) is 0 Å². The molecule has 1 fully saturated rings. The van der Waals surface area contributed by atoms with Crippen LogP contribution in [-0.2, 0) is 10.0 Å². The predicted molar refractivity (Wildman–Crippen MR) is 93.8 cm³/mol. The van der Waals surface area contributed by atoms with Crippen LogP contribution in [0.5, 0.6) is 5.75 Å². The Labute approximate surface area is 147 Å². The maximum absolute atomic E-state index is 12.6. The van der Waals surface area contributed by atoms with Crippen LogP contribution in [0.3, 0.4) is 0 Å². The van der Waals surface area contributed by atoms with Gasteiger partial charge in [-0.1, -0.05) is 30.3 Å². The van der Waals surface area contributed by atoms with E-state index >= 15 is 0 Å². The average molecular weight is 360 g/mol. The third kappa shape index (κ3) is 3.83. The smallest absolute Gasteiger partial charge is 0.255 e. The van der Waals surface area contributed by atoms with Crippen LogP contribution in [0.25, 0.3) is 0 Å². The second kappa shape index (κ2) is 7.25. The van der Waals surface area contributed by atoms with Crippen molar-refractivity contribution in [2.24, 2.45) is 0 Å². The Kier molecular flexibility index (Phi) is 5.06. The van der Waals surface area contributed by atoms with E-state index in [-0.39, 0.29) is 28.2 Å². The number of phenols is 1. The Bertz CT molecular complexity index is 844. The quantitative estimate of drug-likeness (QED) is 0.873. The van der Waals surface area contributed by atoms with Gasteiger partial charge in [-0.2, -0.15) is 4.31 Å². The van der Waals surface area contributed by atoms with Crippen molar-refractivity contribution >= 4 is 15.9 Å². The number of benzene rings is 2. The van der Waals surface area contributed by atoms with Gasteiger partial charge in [0.2, 0.25) is 10.0 Å². The molecule has 25 heavy (non-hydrogen) atoms. The Hall–Kier alpha value is -2.38. The van der Waals surface area contributed by atoms with E-state index in [9.17, 15) is 18.3 Å². The van der Waals surface area contributed by atoms with Crippen LogP contribution in [0.1, 0.15) is 23.2 Å². The molecule has 1 amide bonds. The van der Waals surface area contributed by atoms with Gasteiger partial charge in [0.1, 0.15) is 5.75 Å². The van der Waals surface area contributed by atoms with Gasteiger partial charge in [-0.05, 0) is 37.1 Å². The number of sulfonamides is 1. The number of nitrogens with zero attached hydrogens (tertiary/aromatic N) is 1. The summed E-state index contributed by atoms with van der Waals surface area (Å²) < 4.78 is 26.6. The summed E-state index contributed by atoms with van der Waals surface area (Å²) in [5, 5.41) is 12.6. The lowest BCUT2D eigenvalue weighted by molar-refractivity contribution is 0.0921. The number of nitrogens with one attached hydrogen (secondary N) is 1. The largest absolute Gasteiger partial charge is 0.507 e. The molecule has 2 N–H and O–H groups in total.